The molecule has 3 rings (SSSR count). The van der Waals surface area contributed by atoms with Crippen LogP contribution in [-0.4, -0.2) is 47.1 Å². The van der Waals surface area contributed by atoms with Gasteiger partial charge < -0.3 is 25.6 Å². The molecule has 0 aromatic heterocycles. The van der Waals surface area contributed by atoms with E-state index < -0.39 is 47.5 Å². The average Bonchev–Trinajstić information content (AvgIpc) is 2.84. The number of carboxylic acids is 2. The minimum atomic E-state index is -1.12. The third kappa shape index (κ3) is 6.57. The Morgan fingerprint density at radius 1 is 0.882 bits per heavy atom. The summed E-state index contributed by atoms with van der Waals surface area (Å²) in [4.78, 5) is 49.2. The molecule has 0 heterocycles. The molecule has 2 aromatic carbocycles. The van der Waals surface area contributed by atoms with Crippen LogP contribution in [0.5, 0.6) is 5.75 Å². The van der Waals surface area contributed by atoms with Crippen molar-refractivity contribution in [1.82, 2.24) is 5.32 Å². The second-order valence-corrected chi connectivity index (χ2v) is 8.44. The van der Waals surface area contributed by atoms with Gasteiger partial charge in [-0.15, -0.1) is 0 Å². The van der Waals surface area contributed by atoms with Crippen LogP contribution in [0, 0.1) is 17.8 Å². The van der Waals surface area contributed by atoms with Crippen LogP contribution in [0.15, 0.2) is 54.6 Å². The van der Waals surface area contributed by atoms with Gasteiger partial charge in [0.05, 0.1) is 18.9 Å². The number of nitrogens with one attached hydrogen (secondary N) is 2. The third-order valence-electron chi connectivity index (χ3n) is 6.05. The standard InChI is InChI=1S/C25H28N2O7/c1-34-20-9-7-19(8-10-20)26-23(29)21(11-15-5-3-2-4-6-15)27-22(28)16-12-17(24(30)31)14-18(13-16)25(32)33/h2-10,16-18,21H,11-14H2,1H3,(H,26,29)(H,27,28)(H,30,31)(H,32,33)/t16?,17-,18+,21-/m0/s1. The van der Waals surface area contributed by atoms with E-state index in [0.717, 1.165) is 5.56 Å². The fourth-order valence-corrected chi connectivity index (χ4v) is 4.19. The first-order valence-corrected chi connectivity index (χ1v) is 11.0. The summed E-state index contributed by atoms with van der Waals surface area (Å²) < 4.78 is 5.12. The number of aliphatic carboxylic acids is 2. The van der Waals surface area contributed by atoms with E-state index in [9.17, 15) is 29.4 Å². The van der Waals surface area contributed by atoms with Crippen molar-refractivity contribution in [2.24, 2.45) is 17.8 Å². The third-order valence-corrected chi connectivity index (χ3v) is 6.05. The molecule has 1 aliphatic rings. The number of carboxylic acid groups (broad SMARTS) is 2. The van der Waals surface area contributed by atoms with Gasteiger partial charge in [0.2, 0.25) is 11.8 Å². The molecule has 1 saturated carbocycles. The summed E-state index contributed by atoms with van der Waals surface area (Å²) in [6, 6.07) is 15.0. The van der Waals surface area contributed by atoms with Crippen molar-refractivity contribution in [2.45, 2.75) is 31.7 Å². The van der Waals surface area contributed by atoms with Crippen LogP contribution in [0.4, 0.5) is 5.69 Å². The first-order valence-electron chi connectivity index (χ1n) is 11.0. The number of anilines is 1. The van der Waals surface area contributed by atoms with Crippen LogP contribution in [-0.2, 0) is 25.6 Å². The number of hydrogen-bond donors (Lipinski definition) is 4. The predicted octanol–water partition coefficient (Wildman–Crippen LogP) is 2.56. The number of carbonyl (C=O) groups is 4. The molecule has 1 fully saturated rings. The highest BCUT2D eigenvalue weighted by Gasteiger charge is 2.40. The number of hydrogen-bond acceptors (Lipinski definition) is 5. The highest BCUT2D eigenvalue weighted by Crippen LogP contribution is 2.34. The van der Waals surface area contributed by atoms with Crippen LogP contribution >= 0.6 is 0 Å². The zero-order valence-corrected chi connectivity index (χ0v) is 18.8. The Balaban J connectivity index is 1.76. The Labute approximate surface area is 197 Å². The second-order valence-electron chi connectivity index (χ2n) is 8.44. The van der Waals surface area contributed by atoms with Crippen LogP contribution in [0.1, 0.15) is 24.8 Å². The number of ether oxygens (including phenoxy) is 1. The Hall–Kier alpha value is -3.88. The molecule has 0 aliphatic heterocycles. The zero-order chi connectivity index (χ0) is 24.7. The highest BCUT2D eigenvalue weighted by molar-refractivity contribution is 5.97. The lowest BCUT2D eigenvalue weighted by atomic mass is 9.74. The van der Waals surface area contributed by atoms with Gasteiger partial charge in [-0.2, -0.15) is 0 Å². The molecule has 4 N–H and O–H groups in total. The first-order chi connectivity index (χ1) is 16.3. The van der Waals surface area contributed by atoms with Gasteiger partial charge >= 0.3 is 11.9 Å². The fourth-order valence-electron chi connectivity index (χ4n) is 4.19. The van der Waals surface area contributed by atoms with Crippen molar-refractivity contribution in [2.75, 3.05) is 12.4 Å². The summed E-state index contributed by atoms with van der Waals surface area (Å²) in [7, 11) is 1.54. The van der Waals surface area contributed by atoms with Gasteiger partial charge in [0.15, 0.2) is 0 Å². The topological polar surface area (TPSA) is 142 Å². The number of carbonyl (C=O) groups excluding carboxylic acids is 2. The van der Waals surface area contributed by atoms with E-state index in [1.807, 2.05) is 30.3 Å². The Morgan fingerprint density at radius 2 is 1.44 bits per heavy atom. The molecule has 4 atom stereocenters. The van der Waals surface area contributed by atoms with Crippen LogP contribution in [0.3, 0.4) is 0 Å². The van der Waals surface area contributed by atoms with Gasteiger partial charge in [-0.3, -0.25) is 19.2 Å². The molecule has 0 radical (unpaired) electrons. The Bertz CT molecular complexity index is 1000. The molecular weight excluding hydrogens is 440 g/mol. The van der Waals surface area contributed by atoms with E-state index in [1.165, 1.54) is 7.11 Å². The van der Waals surface area contributed by atoms with Crippen molar-refractivity contribution in [3.8, 4) is 5.75 Å². The van der Waals surface area contributed by atoms with Crippen molar-refractivity contribution in [1.29, 1.82) is 0 Å². The molecular formula is C25H28N2O7. The van der Waals surface area contributed by atoms with E-state index in [-0.39, 0.29) is 25.7 Å². The number of rotatable bonds is 9. The minimum absolute atomic E-state index is 0.0140. The Morgan fingerprint density at radius 3 is 1.97 bits per heavy atom. The molecule has 2 aromatic rings. The summed E-state index contributed by atoms with van der Waals surface area (Å²) >= 11 is 0. The average molecular weight is 469 g/mol. The molecule has 0 saturated heterocycles. The molecule has 180 valence electrons. The normalized spacial score (nSPS) is 20.6. The zero-order valence-electron chi connectivity index (χ0n) is 18.8. The maximum absolute atomic E-state index is 13.1. The second kappa shape index (κ2) is 11.3. The molecule has 2 amide bonds. The van der Waals surface area contributed by atoms with Crippen molar-refractivity contribution in [3.63, 3.8) is 0 Å². The molecule has 0 bridgehead atoms. The highest BCUT2D eigenvalue weighted by atomic mass is 16.5. The SMILES string of the molecule is COc1ccc(NC(=O)[C@H](Cc2ccccc2)NC(=O)C2C[C@@H](C(=O)O)C[C@@H](C(=O)O)C2)cc1. The van der Waals surface area contributed by atoms with Crippen LogP contribution < -0.4 is 15.4 Å². The summed E-state index contributed by atoms with van der Waals surface area (Å²) in [5.41, 5.74) is 1.35. The number of methoxy groups -OCH3 is 1. The van der Waals surface area contributed by atoms with Gasteiger partial charge in [-0.25, -0.2) is 0 Å². The van der Waals surface area contributed by atoms with Crippen molar-refractivity contribution < 1.29 is 34.1 Å². The predicted molar refractivity (Wildman–Crippen MR) is 123 cm³/mol. The van der Waals surface area contributed by atoms with Crippen LogP contribution in [0.2, 0.25) is 0 Å². The fraction of sp³-hybridized carbons (Fsp3) is 0.360. The van der Waals surface area contributed by atoms with Gasteiger partial charge in [0.25, 0.3) is 0 Å². The van der Waals surface area contributed by atoms with Crippen molar-refractivity contribution >= 4 is 29.4 Å². The maximum Gasteiger partial charge on any atom is 0.306 e. The lowest BCUT2D eigenvalue weighted by Crippen LogP contribution is -2.49. The summed E-state index contributed by atoms with van der Waals surface area (Å²) in [5.74, 6) is -5.25. The smallest absolute Gasteiger partial charge is 0.306 e. The maximum atomic E-state index is 13.1. The van der Waals surface area contributed by atoms with E-state index in [1.54, 1.807) is 24.3 Å². The molecule has 9 heteroatoms. The summed E-state index contributed by atoms with van der Waals surface area (Å²) in [6.07, 6.45) is 0.262. The van der Waals surface area contributed by atoms with E-state index in [4.69, 9.17) is 4.74 Å². The van der Waals surface area contributed by atoms with Gasteiger partial charge in [0, 0.05) is 18.0 Å². The molecule has 0 spiro atoms. The van der Waals surface area contributed by atoms with E-state index >= 15 is 0 Å². The Kier molecular flexibility index (Phi) is 8.24. The number of amides is 2. The van der Waals surface area contributed by atoms with Gasteiger partial charge in [-0.05, 0) is 49.1 Å². The van der Waals surface area contributed by atoms with Gasteiger partial charge in [-0.1, -0.05) is 30.3 Å². The molecule has 34 heavy (non-hydrogen) atoms. The van der Waals surface area contributed by atoms with Gasteiger partial charge in [0.1, 0.15) is 11.8 Å². The van der Waals surface area contributed by atoms with E-state index in [2.05, 4.69) is 10.6 Å². The lowest BCUT2D eigenvalue weighted by Gasteiger charge is -2.31. The quantitative estimate of drug-likeness (QED) is 0.443. The van der Waals surface area contributed by atoms with E-state index in [0.29, 0.717) is 11.4 Å². The molecule has 9 nitrogen and oxygen atoms in total. The largest absolute Gasteiger partial charge is 0.497 e. The first kappa shape index (κ1) is 24.8. The number of benzene rings is 2. The minimum Gasteiger partial charge on any atom is -0.497 e. The van der Waals surface area contributed by atoms with Crippen LogP contribution in [0.25, 0.3) is 0 Å². The summed E-state index contributed by atoms with van der Waals surface area (Å²) in [5, 5.41) is 24.3. The monoisotopic (exact) mass is 468 g/mol. The summed E-state index contributed by atoms with van der Waals surface area (Å²) in [6.45, 7) is 0. The van der Waals surface area contributed by atoms with Crippen molar-refractivity contribution in [3.05, 3.63) is 60.2 Å². The molecule has 1 unspecified atom stereocenters. The lowest BCUT2D eigenvalue weighted by molar-refractivity contribution is -0.150. The molecule has 1 aliphatic carbocycles.